The van der Waals surface area contributed by atoms with Gasteiger partial charge >= 0.3 is 0 Å². The summed E-state index contributed by atoms with van der Waals surface area (Å²) in [6.45, 7) is 7.15. The molecule has 2 aliphatic rings. The van der Waals surface area contributed by atoms with Gasteiger partial charge in [-0.25, -0.2) is 0 Å². The molecular weight excluding hydrogens is 224 g/mol. The molecule has 1 aliphatic heterocycles. The van der Waals surface area contributed by atoms with Gasteiger partial charge in [0.25, 0.3) is 0 Å². The van der Waals surface area contributed by atoms with Crippen LogP contribution in [-0.2, 0) is 0 Å². The first-order chi connectivity index (χ1) is 8.71. The fourth-order valence-corrected chi connectivity index (χ4v) is 3.86. The van der Waals surface area contributed by atoms with Crippen molar-refractivity contribution < 1.29 is 5.11 Å². The Balaban J connectivity index is 1.97. The van der Waals surface area contributed by atoms with E-state index in [1.165, 1.54) is 32.2 Å². The maximum absolute atomic E-state index is 9.81. The van der Waals surface area contributed by atoms with Crippen molar-refractivity contribution in [1.82, 2.24) is 10.2 Å². The zero-order valence-corrected chi connectivity index (χ0v) is 12.1. The maximum atomic E-state index is 9.81. The largest absolute Gasteiger partial charge is 0.394 e. The SMILES string of the molecule is CCCNC1(CO)CCCC(N2CCCC2C)C1. The summed E-state index contributed by atoms with van der Waals surface area (Å²) < 4.78 is 0. The van der Waals surface area contributed by atoms with Gasteiger partial charge in [-0.05, 0) is 65.0 Å². The van der Waals surface area contributed by atoms with Gasteiger partial charge in [-0.2, -0.15) is 0 Å². The van der Waals surface area contributed by atoms with Gasteiger partial charge in [0.05, 0.1) is 6.61 Å². The number of rotatable bonds is 5. The smallest absolute Gasteiger partial charge is 0.0613 e. The third kappa shape index (κ3) is 3.06. The second-order valence-electron chi connectivity index (χ2n) is 6.34. The Bertz CT molecular complexity index is 259. The topological polar surface area (TPSA) is 35.5 Å². The van der Waals surface area contributed by atoms with Gasteiger partial charge < -0.3 is 10.4 Å². The highest BCUT2D eigenvalue weighted by atomic mass is 16.3. The first kappa shape index (κ1) is 14.3. The molecule has 3 heteroatoms. The molecule has 0 aromatic rings. The molecule has 1 saturated heterocycles. The molecule has 1 aliphatic carbocycles. The molecule has 1 heterocycles. The second kappa shape index (κ2) is 6.36. The van der Waals surface area contributed by atoms with Crippen molar-refractivity contribution in [3.63, 3.8) is 0 Å². The van der Waals surface area contributed by atoms with Crippen LogP contribution in [0, 0.1) is 0 Å². The highest BCUT2D eigenvalue weighted by Gasteiger charge is 2.39. The van der Waals surface area contributed by atoms with Gasteiger partial charge in [0.1, 0.15) is 0 Å². The zero-order valence-electron chi connectivity index (χ0n) is 12.1. The molecule has 3 unspecified atom stereocenters. The molecule has 18 heavy (non-hydrogen) atoms. The number of hydrogen-bond acceptors (Lipinski definition) is 3. The fraction of sp³-hybridized carbons (Fsp3) is 1.00. The Morgan fingerprint density at radius 1 is 1.33 bits per heavy atom. The maximum Gasteiger partial charge on any atom is 0.0613 e. The number of nitrogens with one attached hydrogen (secondary N) is 1. The third-order valence-corrected chi connectivity index (χ3v) is 4.95. The minimum Gasteiger partial charge on any atom is -0.394 e. The number of aliphatic hydroxyl groups is 1. The van der Waals surface area contributed by atoms with Crippen molar-refractivity contribution >= 4 is 0 Å². The van der Waals surface area contributed by atoms with Crippen LogP contribution in [0.1, 0.15) is 58.8 Å². The highest BCUT2D eigenvalue weighted by molar-refractivity contribution is 4.98. The van der Waals surface area contributed by atoms with Crippen LogP contribution in [0.3, 0.4) is 0 Å². The molecule has 0 amide bonds. The monoisotopic (exact) mass is 254 g/mol. The average molecular weight is 254 g/mol. The molecule has 2 N–H and O–H groups in total. The second-order valence-corrected chi connectivity index (χ2v) is 6.34. The van der Waals surface area contributed by atoms with Crippen molar-refractivity contribution in [2.45, 2.75) is 76.4 Å². The van der Waals surface area contributed by atoms with Crippen molar-refractivity contribution in [3.05, 3.63) is 0 Å². The fourth-order valence-electron chi connectivity index (χ4n) is 3.86. The van der Waals surface area contributed by atoms with Crippen LogP contribution in [-0.4, -0.2) is 47.3 Å². The number of aliphatic hydroxyl groups excluding tert-OH is 1. The van der Waals surface area contributed by atoms with Gasteiger partial charge in [-0.3, -0.25) is 4.90 Å². The standard InChI is InChI=1S/C15H30N2O/c1-3-9-16-15(12-18)8-4-7-14(11-15)17-10-5-6-13(17)2/h13-14,16,18H,3-12H2,1-2H3. The summed E-state index contributed by atoms with van der Waals surface area (Å²) in [5.74, 6) is 0. The molecule has 0 aromatic carbocycles. The van der Waals surface area contributed by atoms with E-state index in [9.17, 15) is 5.11 Å². The molecule has 0 bridgehead atoms. The minimum absolute atomic E-state index is 0.00123. The van der Waals surface area contributed by atoms with E-state index in [4.69, 9.17) is 0 Å². The molecule has 0 radical (unpaired) electrons. The first-order valence-electron chi connectivity index (χ1n) is 7.82. The summed E-state index contributed by atoms with van der Waals surface area (Å²) in [5, 5.41) is 13.4. The average Bonchev–Trinajstić information content (AvgIpc) is 2.83. The number of hydrogen-bond donors (Lipinski definition) is 2. The summed E-state index contributed by atoms with van der Waals surface area (Å²) in [7, 11) is 0. The van der Waals surface area contributed by atoms with Gasteiger partial charge in [-0.1, -0.05) is 6.92 Å². The van der Waals surface area contributed by atoms with Crippen molar-refractivity contribution in [2.24, 2.45) is 0 Å². The Hall–Kier alpha value is -0.120. The summed E-state index contributed by atoms with van der Waals surface area (Å²) in [6.07, 6.45) is 8.70. The van der Waals surface area contributed by atoms with Gasteiger partial charge in [0.2, 0.25) is 0 Å². The lowest BCUT2D eigenvalue weighted by Crippen LogP contribution is -2.56. The zero-order chi connectivity index (χ0) is 13.0. The van der Waals surface area contributed by atoms with E-state index >= 15 is 0 Å². The lowest BCUT2D eigenvalue weighted by atomic mass is 9.78. The number of likely N-dealkylation sites (tertiary alicyclic amines) is 1. The van der Waals surface area contributed by atoms with Gasteiger partial charge in [0.15, 0.2) is 0 Å². The van der Waals surface area contributed by atoms with E-state index in [1.54, 1.807) is 0 Å². The summed E-state index contributed by atoms with van der Waals surface area (Å²) in [6, 6.07) is 1.43. The van der Waals surface area contributed by atoms with Crippen LogP contribution in [0.25, 0.3) is 0 Å². The van der Waals surface area contributed by atoms with E-state index in [0.29, 0.717) is 12.6 Å². The molecule has 1 saturated carbocycles. The van der Waals surface area contributed by atoms with Crippen molar-refractivity contribution in [2.75, 3.05) is 19.7 Å². The Morgan fingerprint density at radius 3 is 2.78 bits per heavy atom. The van der Waals surface area contributed by atoms with Gasteiger partial charge in [-0.15, -0.1) is 0 Å². The molecule has 3 nitrogen and oxygen atoms in total. The van der Waals surface area contributed by atoms with Crippen LogP contribution in [0.2, 0.25) is 0 Å². The van der Waals surface area contributed by atoms with Crippen LogP contribution in [0.4, 0.5) is 0 Å². The van der Waals surface area contributed by atoms with Gasteiger partial charge in [0, 0.05) is 17.6 Å². The molecule has 0 aromatic heterocycles. The number of nitrogens with zero attached hydrogens (tertiary/aromatic N) is 1. The summed E-state index contributed by atoms with van der Waals surface area (Å²) in [5.41, 5.74) is 0.00123. The van der Waals surface area contributed by atoms with Crippen molar-refractivity contribution in [3.8, 4) is 0 Å². The summed E-state index contributed by atoms with van der Waals surface area (Å²) >= 11 is 0. The van der Waals surface area contributed by atoms with E-state index in [-0.39, 0.29) is 5.54 Å². The molecule has 106 valence electrons. The minimum atomic E-state index is 0.00123. The molecular formula is C15H30N2O. The van der Waals surface area contributed by atoms with E-state index in [1.807, 2.05) is 0 Å². The first-order valence-corrected chi connectivity index (χ1v) is 7.82. The van der Waals surface area contributed by atoms with E-state index in [0.717, 1.165) is 31.8 Å². The van der Waals surface area contributed by atoms with E-state index < -0.39 is 0 Å². The predicted octanol–water partition coefficient (Wildman–Crippen LogP) is 2.14. The van der Waals surface area contributed by atoms with E-state index in [2.05, 4.69) is 24.1 Å². The normalized spacial score (nSPS) is 38.2. The lowest BCUT2D eigenvalue weighted by Gasteiger charge is -2.44. The van der Waals surface area contributed by atoms with Crippen LogP contribution >= 0.6 is 0 Å². The quantitative estimate of drug-likeness (QED) is 0.789. The Kier molecular flexibility index (Phi) is 5.05. The predicted molar refractivity (Wildman–Crippen MR) is 75.8 cm³/mol. The molecule has 2 rings (SSSR count). The summed E-state index contributed by atoms with van der Waals surface area (Å²) in [4.78, 5) is 2.69. The lowest BCUT2D eigenvalue weighted by molar-refractivity contribution is 0.0565. The molecule has 3 atom stereocenters. The van der Waals surface area contributed by atoms with Crippen LogP contribution in [0.5, 0.6) is 0 Å². The molecule has 0 spiro atoms. The Morgan fingerprint density at radius 2 is 2.17 bits per heavy atom. The van der Waals surface area contributed by atoms with Crippen molar-refractivity contribution in [1.29, 1.82) is 0 Å². The Labute approximate surface area is 112 Å². The van der Waals surface area contributed by atoms with Crippen LogP contribution < -0.4 is 5.32 Å². The third-order valence-electron chi connectivity index (χ3n) is 4.95. The van der Waals surface area contributed by atoms with Crippen LogP contribution in [0.15, 0.2) is 0 Å². The molecule has 2 fully saturated rings. The highest BCUT2D eigenvalue weighted by Crippen LogP contribution is 2.34.